The summed E-state index contributed by atoms with van der Waals surface area (Å²) in [4.78, 5) is 13.9. The van der Waals surface area contributed by atoms with Gasteiger partial charge in [0.15, 0.2) is 0 Å². The van der Waals surface area contributed by atoms with Crippen molar-refractivity contribution in [2.75, 3.05) is 13.1 Å². The molecule has 0 bridgehead atoms. The van der Waals surface area contributed by atoms with Gasteiger partial charge in [-0.25, -0.2) is 4.79 Å². The van der Waals surface area contributed by atoms with Crippen LogP contribution in [0.4, 0.5) is 4.79 Å². The van der Waals surface area contributed by atoms with Crippen molar-refractivity contribution in [1.29, 1.82) is 0 Å². The third-order valence-corrected chi connectivity index (χ3v) is 5.10. The zero-order valence-electron chi connectivity index (χ0n) is 9.65. The first-order chi connectivity index (χ1) is 8.65. The maximum atomic E-state index is 11.0. The summed E-state index contributed by atoms with van der Waals surface area (Å²) in [6, 6.07) is 6.32. The van der Waals surface area contributed by atoms with Gasteiger partial charge >= 0.3 is 6.09 Å². The Morgan fingerprint density at radius 3 is 2.89 bits per heavy atom. The Labute approximate surface area is 117 Å². The van der Waals surface area contributed by atoms with Gasteiger partial charge in [-0.1, -0.05) is 22.0 Å². The second-order valence-corrected chi connectivity index (χ2v) is 6.47. The minimum Gasteiger partial charge on any atom is -0.465 e. The molecule has 18 heavy (non-hydrogen) atoms. The molecule has 0 saturated carbocycles. The Kier molecular flexibility index (Phi) is 3.03. The Balaban J connectivity index is 2.02. The molecular weight excluding hydrogens is 314 g/mol. The van der Waals surface area contributed by atoms with Gasteiger partial charge in [0, 0.05) is 27.1 Å². The van der Waals surface area contributed by atoms with Gasteiger partial charge in [0.1, 0.15) is 0 Å². The van der Waals surface area contributed by atoms with E-state index in [0.29, 0.717) is 13.1 Å². The van der Waals surface area contributed by atoms with Crippen LogP contribution in [-0.2, 0) is 12.8 Å². The number of hydrogen-bond donors (Lipinski definition) is 1. The Hall–Kier alpha value is -1.07. The average molecular weight is 326 g/mol. The molecule has 0 radical (unpaired) electrons. The molecule has 2 aromatic rings. The molecule has 5 heteroatoms. The molecule has 0 spiro atoms. The summed E-state index contributed by atoms with van der Waals surface area (Å²) in [5.41, 5.74) is 1.34. The summed E-state index contributed by atoms with van der Waals surface area (Å²) in [7, 11) is 0. The number of halogens is 1. The third kappa shape index (κ3) is 2.01. The third-order valence-electron chi connectivity index (χ3n) is 3.35. The highest BCUT2D eigenvalue weighted by atomic mass is 79.9. The van der Waals surface area contributed by atoms with Crippen molar-refractivity contribution in [3.63, 3.8) is 0 Å². The summed E-state index contributed by atoms with van der Waals surface area (Å²) in [5.74, 6) is 0. The van der Waals surface area contributed by atoms with E-state index in [1.54, 1.807) is 11.3 Å². The molecular formula is C13H12BrNO2S. The SMILES string of the molecule is O=C(O)N1CCc2sc3cc(Br)ccc3c2CC1. The molecule has 2 heterocycles. The fraction of sp³-hybridized carbons (Fsp3) is 0.308. The van der Waals surface area contributed by atoms with Crippen LogP contribution in [0.25, 0.3) is 10.1 Å². The van der Waals surface area contributed by atoms with E-state index >= 15 is 0 Å². The van der Waals surface area contributed by atoms with Gasteiger partial charge < -0.3 is 10.0 Å². The fourth-order valence-corrected chi connectivity index (χ4v) is 4.23. The minimum atomic E-state index is -0.808. The predicted molar refractivity (Wildman–Crippen MR) is 76.5 cm³/mol. The summed E-state index contributed by atoms with van der Waals surface area (Å²) in [6.45, 7) is 1.21. The summed E-state index contributed by atoms with van der Waals surface area (Å²) in [6.07, 6.45) is 0.846. The lowest BCUT2D eigenvalue weighted by Gasteiger charge is -2.15. The van der Waals surface area contributed by atoms with Crippen LogP contribution in [0, 0.1) is 0 Å². The molecule has 3 rings (SSSR count). The van der Waals surface area contributed by atoms with E-state index in [9.17, 15) is 4.79 Å². The van der Waals surface area contributed by atoms with E-state index < -0.39 is 6.09 Å². The molecule has 0 unspecified atom stereocenters. The lowest BCUT2D eigenvalue weighted by molar-refractivity contribution is 0.147. The van der Waals surface area contributed by atoms with Crippen molar-refractivity contribution in [3.8, 4) is 0 Å². The maximum absolute atomic E-state index is 11.0. The van der Waals surface area contributed by atoms with E-state index in [4.69, 9.17) is 5.11 Å². The van der Waals surface area contributed by atoms with Gasteiger partial charge in [0.25, 0.3) is 0 Å². The highest BCUT2D eigenvalue weighted by Crippen LogP contribution is 2.35. The smallest absolute Gasteiger partial charge is 0.407 e. The first kappa shape index (κ1) is 12.0. The number of thiophene rings is 1. The van der Waals surface area contributed by atoms with Crippen LogP contribution in [0.1, 0.15) is 10.4 Å². The lowest BCUT2D eigenvalue weighted by atomic mass is 10.1. The second-order valence-electron chi connectivity index (χ2n) is 4.41. The van der Waals surface area contributed by atoms with Gasteiger partial charge in [-0.15, -0.1) is 11.3 Å². The fourth-order valence-electron chi connectivity index (χ4n) is 2.44. The standard InChI is InChI=1S/C13H12BrNO2S/c14-8-1-2-9-10-3-5-15(13(16)17)6-4-11(10)18-12(9)7-8/h1-2,7H,3-6H2,(H,16,17). The molecule has 0 aliphatic carbocycles. The number of fused-ring (bicyclic) bond motifs is 3. The quantitative estimate of drug-likeness (QED) is 0.801. The second kappa shape index (κ2) is 4.55. The van der Waals surface area contributed by atoms with Crippen molar-refractivity contribution < 1.29 is 9.90 Å². The number of rotatable bonds is 0. The number of nitrogens with zero attached hydrogens (tertiary/aromatic N) is 1. The highest BCUT2D eigenvalue weighted by Gasteiger charge is 2.20. The minimum absolute atomic E-state index is 0.601. The Bertz CT molecular complexity index is 623. The largest absolute Gasteiger partial charge is 0.465 e. The van der Waals surface area contributed by atoms with Gasteiger partial charge in [-0.05, 0) is 35.9 Å². The number of carboxylic acid groups (broad SMARTS) is 1. The zero-order valence-corrected chi connectivity index (χ0v) is 12.1. The topological polar surface area (TPSA) is 40.5 Å². The van der Waals surface area contributed by atoms with Crippen molar-refractivity contribution in [2.45, 2.75) is 12.8 Å². The molecule has 0 saturated heterocycles. The van der Waals surface area contributed by atoms with E-state index in [2.05, 4.69) is 34.1 Å². The number of carbonyl (C=O) groups is 1. The van der Waals surface area contributed by atoms with Crippen molar-refractivity contribution >= 4 is 43.4 Å². The summed E-state index contributed by atoms with van der Waals surface area (Å²) < 4.78 is 2.39. The molecule has 0 atom stereocenters. The van der Waals surface area contributed by atoms with Crippen LogP contribution in [0.15, 0.2) is 22.7 Å². The van der Waals surface area contributed by atoms with Gasteiger partial charge in [-0.3, -0.25) is 0 Å². The van der Waals surface area contributed by atoms with E-state index in [0.717, 1.165) is 17.3 Å². The van der Waals surface area contributed by atoms with Gasteiger partial charge in [-0.2, -0.15) is 0 Å². The molecule has 1 aliphatic heterocycles. The van der Waals surface area contributed by atoms with Gasteiger partial charge in [0.05, 0.1) is 0 Å². The molecule has 1 N–H and O–H groups in total. The van der Waals surface area contributed by atoms with Crippen LogP contribution < -0.4 is 0 Å². The zero-order chi connectivity index (χ0) is 12.7. The predicted octanol–water partition coefficient (Wildman–Crippen LogP) is 3.74. The molecule has 1 aliphatic rings. The molecule has 1 aromatic carbocycles. The van der Waals surface area contributed by atoms with Crippen molar-refractivity contribution in [1.82, 2.24) is 4.90 Å². The van der Waals surface area contributed by atoms with E-state index in [1.165, 1.54) is 25.4 Å². The first-order valence-electron chi connectivity index (χ1n) is 5.83. The molecule has 0 fully saturated rings. The van der Waals surface area contributed by atoms with Crippen LogP contribution in [0.3, 0.4) is 0 Å². The Morgan fingerprint density at radius 1 is 1.33 bits per heavy atom. The molecule has 1 amide bonds. The monoisotopic (exact) mass is 325 g/mol. The number of hydrogen-bond acceptors (Lipinski definition) is 2. The van der Waals surface area contributed by atoms with Crippen molar-refractivity contribution in [3.05, 3.63) is 33.1 Å². The van der Waals surface area contributed by atoms with Crippen LogP contribution in [0.5, 0.6) is 0 Å². The van der Waals surface area contributed by atoms with Crippen LogP contribution in [-0.4, -0.2) is 29.2 Å². The maximum Gasteiger partial charge on any atom is 0.407 e. The van der Waals surface area contributed by atoms with Crippen LogP contribution >= 0.6 is 27.3 Å². The summed E-state index contributed by atoms with van der Waals surface area (Å²) >= 11 is 5.28. The number of benzene rings is 1. The van der Waals surface area contributed by atoms with Gasteiger partial charge in [0.2, 0.25) is 0 Å². The molecule has 94 valence electrons. The number of amides is 1. The average Bonchev–Trinajstić information content (AvgIpc) is 2.53. The highest BCUT2D eigenvalue weighted by molar-refractivity contribution is 9.10. The normalized spacial score (nSPS) is 15.5. The molecule has 3 nitrogen and oxygen atoms in total. The van der Waals surface area contributed by atoms with E-state index in [1.807, 2.05) is 0 Å². The lowest BCUT2D eigenvalue weighted by Crippen LogP contribution is -2.31. The van der Waals surface area contributed by atoms with E-state index in [-0.39, 0.29) is 0 Å². The Morgan fingerprint density at radius 2 is 2.11 bits per heavy atom. The van der Waals surface area contributed by atoms with Crippen molar-refractivity contribution in [2.24, 2.45) is 0 Å². The molecule has 1 aromatic heterocycles. The first-order valence-corrected chi connectivity index (χ1v) is 7.44. The summed E-state index contributed by atoms with van der Waals surface area (Å²) in [5, 5.41) is 10.3. The van der Waals surface area contributed by atoms with Crippen LogP contribution in [0.2, 0.25) is 0 Å².